The highest BCUT2D eigenvalue weighted by molar-refractivity contribution is 5.95. The molecule has 0 spiro atoms. The van der Waals surface area contributed by atoms with Crippen molar-refractivity contribution in [3.63, 3.8) is 0 Å². The lowest BCUT2D eigenvalue weighted by molar-refractivity contribution is 0.0946. The highest BCUT2D eigenvalue weighted by Gasteiger charge is 2.20. The molecule has 0 unspecified atom stereocenters. The van der Waals surface area contributed by atoms with Gasteiger partial charge in [0, 0.05) is 50.5 Å². The summed E-state index contributed by atoms with van der Waals surface area (Å²) in [5.74, 6) is 1.47. The first kappa shape index (κ1) is 24.7. The van der Waals surface area contributed by atoms with Crippen LogP contribution in [0.2, 0.25) is 0 Å². The molecule has 2 aromatic rings. The molecule has 1 heterocycles. The van der Waals surface area contributed by atoms with Crippen molar-refractivity contribution in [2.24, 2.45) is 0 Å². The summed E-state index contributed by atoms with van der Waals surface area (Å²) >= 11 is 0. The van der Waals surface area contributed by atoms with Gasteiger partial charge in [-0.15, -0.1) is 0 Å². The van der Waals surface area contributed by atoms with Gasteiger partial charge in [-0.25, -0.2) is 0 Å². The van der Waals surface area contributed by atoms with Crippen molar-refractivity contribution >= 4 is 11.6 Å². The number of piperazine rings is 1. The lowest BCUT2D eigenvalue weighted by Gasteiger charge is -2.36. The van der Waals surface area contributed by atoms with Crippen molar-refractivity contribution in [1.82, 2.24) is 10.2 Å². The molecule has 1 saturated heterocycles. The number of carbonyl (C=O) groups is 1. The van der Waals surface area contributed by atoms with Gasteiger partial charge < -0.3 is 24.4 Å². The molecule has 0 saturated carbocycles. The zero-order chi connectivity index (χ0) is 23.6. The summed E-state index contributed by atoms with van der Waals surface area (Å²) in [6.45, 7) is 14.6. The van der Waals surface area contributed by atoms with Crippen LogP contribution in [0.4, 0.5) is 5.69 Å². The fraction of sp³-hybridized carbons (Fsp3) is 0.500. The zero-order valence-corrected chi connectivity index (χ0v) is 20.4. The molecule has 1 N–H and O–H groups in total. The molecule has 1 fully saturated rings. The van der Waals surface area contributed by atoms with Gasteiger partial charge in [0.15, 0.2) is 11.5 Å². The van der Waals surface area contributed by atoms with Crippen LogP contribution in [0, 0.1) is 6.92 Å². The quantitative estimate of drug-likeness (QED) is 0.557. The first-order chi connectivity index (χ1) is 16.0. The number of hydrogen-bond donors (Lipinski definition) is 1. The number of nitrogens with one attached hydrogen (secondary N) is 1. The van der Waals surface area contributed by atoms with Crippen LogP contribution in [0.3, 0.4) is 0 Å². The third-order valence-electron chi connectivity index (χ3n) is 5.62. The Hall–Kier alpha value is -2.93. The second kappa shape index (κ2) is 12.3. The lowest BCUT2D eigenvalue weighted by atomic mass is 10.1. The Bertz CT molecular complexity index is 883. The van der Waals surface area contributed by atoms with Crippen molar-refractivity contribution in [2.75, 3.05) is 64.0 Å². The van der Waals surface area contributed by atoms with Gasteiger partial charge in [0.25, 0.3) is 5.91 Å². The summed E-state index contributed by atoms with van der Waals surface area (Å²) < 4.78 is 17.2. The van der Waals surface area contributed by atoms with Crippen LogP contribution >= 0.6 is 0 Å². The van der Waals surface area contributed by atoms with Gasteiger partial charge in [-0.05, 0) is 57.5 Å². The van der Waals surface area contributed by atoms with Crippen LogP contribution in [0.1, 0.15) is 36.7 Å². The summed E-state index contributed by atoms with van der Waals surface area (Å²) in [6.07, 6.45) is 0. The molecule has 180 valence electrons. The molecule has 33 heavy (non-hydrogen) atoms. The molecular weight excluding hydrogens is 418 g/mol. The second-order valence-electron chi connectivity index (χ2n) is 8.02. The monoisotopic (exact) mass is 455 g/mol. The predicted molar refractivity (Wildman–Crippen MR) is 132 cm³/mol. The van der Waals surface area contributed by atoms with Crippen molar-refractivity contribution in [3.8, 4) is 17.2 Å². The molecule has 0 aliphatic carbocycles. The Morgan fingerprint density at radius 1 is 0.909 bits per heavy atom. The first-order valence-electron chi connectivity index (χ1n) is 11.9. The number of benzene rings is 2. The van der Waals surface area contributed by atoms with E-state index in [-0.39, 0.29) is 5.91 Å². The Labute approximate surface area is 197 Å². The van der Waals surface area contributed by atoms with E-state index in [1.54, 1.807) is 12.1 Å². The molecule has 2 aromatic carbocycles. The molecule has 7 heteroatoms. The number of amides is 1. The number of ether oxygens (including phenoxy) is 3. The van der Waals surface area contributed by atoms with E-state index in [0.717, 1.165) is 32.7 Å². The van der Waals surface area contributed by atoms with Gasteiger partial charge in [0.05, 0.1) is 19.8 Å². The topological polar surface area (TPSA) is 63.3 Å². The minimum atomic E-state index is -0.140. The van der Waals surface area contributed by atoms with E-state index >= 15 is 0 Å². The molecule has 0 radical (unpaired) electrons. The van der Waals surface area contributed by atoms with Crippen LogP contribution in [-0.2, 0) is 0 Å². The summed E-state index contributed by atoms with van der Waals surface area (Å²) in [6, 6.07) is 12.1. The SMILES string of the molecule is CCOc1cc(C(=O)NCCN2CCN(c3cccc(C)c3)CC2)cc(OCC)c1OCC. The van der Waals surface area contributed by atoms with E-state index in [9.17, 15) is 4.79 Å². The van der Waals surface area contributed by atoms with Crippen LogP contribution in [0.25, 0.3) is 0 Å². The molecule has 3 rings (SSSR count). The molecule has 7 nitrogen and oxygen atoms in total. The molecule has 0 atom stereocenters. The summed E-state index contributed by atoms with van der Waals surface area (Å²) in [4.78, 5) is 17.7. The van der Waals surface area contributed by atoms with Gasteiger partial charge in [0.1, 0.15) is 0 Å². The van der Waals surface area contributed by atoms with Gasteiger partial charge in [0.2, 0.25) is 5.75 Å². The molecule has 1 aliphatic rings. The first-order valence-corrected chi connectivity index (χ1v) is 11.9. The van der Waals surface area contributed by atoms with E-state index in [1.165, 1.54) is 11.3 Å². The number of carbonyl (C=O) groups excluding carboxylic acids is 1. The van der Waals surface area contributed by atoms with Crippen molar-refractivity contribution in [1.29, 1.82) is 0 Å². The third-order valence-corrected chi connectivity index (χ3v) is 5.62. The smallest absolute Gasteiger partial charge is 0.251 e. The molecule has 0 bridgehead atoms. The number of hydrogen-bond acceptors (Lipinski definition) is 6. The van der Waals surface area contributed by atoms with Crippen molar-refractivity contribution in [3.05, 3.63) is 47.5 Å². The number of anilines is 1. The van der Waals surface area contributed by atoms with Crippen LogP contribution < -0.4 is 24.4 Å². The fourth-order valence-electron chi connectivity index (χ4n) is 4.00. The molecule has 1 amide bonds. The molecule has 1 aliphatic heterocycles. The maximum atomic E-state index is 12.8. The number of aryl methyl sites for hydroxylation is 1. The third kappa shape index (κ3) is 6.78. The largest absolute Gasteiger partial charge is 0.490 e. The minimum absolute atomic E-state index is 0.140. The van der Waals surface area contributed by atoms with Crippen molar-refractivity contribution < 1.29 is 19.0 Å². The van der Waals surface area contributed by atoms with Crippen LogP contribution in [0.5, 0.6) is 17.2 Å². The lowest BCUT2D eigenvalue weighted by Crippen LogP contribution is -2.48. The van der Waals surface area contributed by atoms with E-state index in [1.807, 2.05) is 20.8 Å². The van der Waals surface area contributed by atoms with Crippen molar-refractivity contribution in [2.45, 2.75) is 27.7 Å². The van der Waals surface area contributed by atoms with Gasteiger partial charge >= 0.3 is 0 Å². The average molecular weight is 456 g/mol. The standard InChI is InChI=1S/C26H37N3O4/c1-5-31-23-18-21(19-24(32-6-2)25(23)33-7-3)26(30)27-11-12-28-13-15-29(16-14-28)22-10-8-9-20(4)17-22/h8-10,17-19H,5-7,11-16H2,1-4H3,(H,27,30). The number of rotatable bonds is 11. The average Bonchev–Trinajstić information content (AvgIpc) is 2.81. The van der Waals surface area contributed by atoms with E-state index in [0.29, 0.717) is 49.2 Å². The van der Waals surface area contributed by atoms with Crippen LogP contribution in [0.15, 0.2) is 36.4 Å². The van der Waals surface area contributed by atoms with Gasteiger partial charge in [-0.1, -0.05) is 12.1 Å². The minimum Gasteiger partial charge on any atom is -0.490 e. The normalized spacial score (nSPS) is 14.1. The van der Waals surface area contributed by atoms with E-state index < -0.39 is 0 Å². The Morgan fingerprint density at radius 3 is 2.12 bits per heavy atom. The maximum absolute atomic E-state index is 12.8. The van der Waals surface area contributed by atoms with E-state index in [2.05, 4.69) is 46.3 Å². The van der Waals surface area contributed by atoms with Gasteiger partial charge in [-0.2, -0.15) is 0 Å². The maximum Gasteiger partial charge on any atom is 0.251 e. The molecule has 0 aromatic heterocycles. The summed E-state index contributed by atoms with van der Waals surface area (Å²) in [5, 5.41) is 3.04. The van der Waals surface area contributed by atoms with Crippen LogP contribution in [-0.4, -0.2) is 69.9 Å². The Morgan fingerprint density at radius 2 is 1.55 bits per heavy atom. The van der Waals surface area contributed by atoms with E-state index in [4.69, 9.17) is 14.2 Å². The summed E-state index contributed by atoms with van der Waals surface area (Å²) in [5.41, 5.74) is 3.08. The second-order valence-corrected chi connectivity index (χ2v) is 8.02. The molecular formula is C26H37N3O4. The highest BCUT2D eigenvalue weighted by Crippen LogP contribution is 2.39. The fourth-order valence-corrected chi connectivity index (χ4v) is 4.00. The Kier molecular flexibility index (Phi) is 9.24. The summed E-state index contributed by atoms with van der Waals surface area (Å²) in [7, 11) is 0. The highest BCUT2D eigenvalue weighted by atomic mass is 16.5. The number of nitrogens with zero attached hydrogens (tertiary/aromatic N) is 2. The van der Waals surface area contributed by atoms with Gasteiger partial charge in [-0.3, -0.25) is 9.69 Å². The zero-order valence-electron chi connectivity index (χ0n) is 20.4. The predicted octanol–water partition coefficient (Wildman–Crippen LogP) is 3.74. The Balaban J connectivity index is 1.54.